The third-order valence-corrected chi connectivity index (χ3v) is 5.53. The average Bonchev–Trinajstić information content (AvgIpc) is 2.40. The van der Waals surface area contributed by atoms with E-state index in [0.717, 1.165) is 25.8 Å². The number of benzene rings is 2. The lowest BCUT2D eigenvalue weighted by molar-refractivity contribution is 0.218. The first kappa shape index (κ1) is 15.8. The van der Waals surface area contributed by atoms with Gasteiger partial charge in [-0.2, -0.15) is 0 Å². The van der Waals surface area contributed by atoms with Gasteiger partial charge in [-0.15, -0.1) is 0 Å². The highest BCUT2D eigenvalue weighted by Gasteiger charge is 2.18. The highest BCUT2D eigenvalue weighted by atomic mass is 127. The Labute approximate surface area is 139 Å². The molecule has 1 atom stereocenters. The van der Waals surface area contributed by atoms with Crippen molar-refractivity contribution in [3.8, 4) is 0 Å². The third-order valence-electron chi connectivity index (χ3n) is 3.96. The Morgan fingerprint density at radius 1 is 1.00 bits per heavy atom. The minimum Gasteiger partial charge on any atom is -0.384 e. The van der Waals surface area contributed by atoms with Crippen LogP contribution in [0.2, 0.25) is 5.02 Å². The summed E-state index contributed by atoms with van der Waals surface area (Å²) in [6.45, 7) is 8.29. The number of hydrogen-bond donors (Lipinski definition) is 1. The molecule has 0 saturated carbocycles. The Hall–Kier alpha value is -0.580. The highest BCUT2D eigenvalue weighted by Crippen LogP contribution is 2.33. The summed E-state index contributed by atoms with van der Waals surface area (Å²) in [6.07, 6.45) is -0.636. The van der Waals surface area contributed by atoms with Gasteiger partial charge in [0.2, 0.25) is 0 Å². The van der Waals surface area contributed by atoms with Crippen molar-refractivity contribution in [1.82, 2.24) is 0 Å². The first-order chi connectivity index (χ1) is 9.32. The standard InChI is InChI=1S/C17H18ClIO/c1-9-7-10(2)12(4)16(11(9)3)17(20)13-5-6-15(19)14(18)8-13/h5-8,17,20H,1-4H3. The van der Waals surface area contributed by atoms with E-state index < -0.39 is 6.10 Å². The van der Waals surface area contributed by atoms with Gasteiger partial charge in [-0.25, -0.2) is 0 Å². The van der Waals surface area contributed by atoms with E-state index in [9.17, 15) is 5.11 Å². The van der Waals surface area contributed by atoms with Gasteiger partial charge in [0.1, 0.15) is 6.10 Å². The van der Waals surface area contributed by atoms with Gasteiger partial charge in [-0.05, 0) is 95.8 Å². The number of aryl methyl sites for hydroxylation is 2. The van der Waals surface area contributed by atoms with Crippen LogP contribution in [-0.2, 0) is 0 Å². The molecule has 0 fully saturated rings. The monoisotopic (exact) mass is 400 g/mol. The van der Waals surface area contributed by atoms with E-state index in [1.807, 2.05) is 18.2 Å². The molecule has 0 aromatic heterocycles. The molecule has 0 heterocycles. The molecule has 2 rings (SSSR count). The summed E-state index contributed by atoms with van der Waals surface area (Å²) in [5.41, 5.74) is 6.55. The molecule has 3 heteroatoms. The van der Waals surface area contributed by atoms with E-state index in [1.54, 1.807) is 0 Å². The first-order valence-corrected chi connectivity index (χ1v) is 7.99. The Morgan fingerprint density at radius 3 is 2.05 bits per heavy atom. The van der Waals surface area contributed by atoms with Crippen LogP contribution in [0.25, 0.3) is 0 Å². The molecule has 2 aromatic rings. The Morgan fingerprint density at radius 2 is 1.55 bits per heavy atom. The van der Waals surface area contributed by atoms with Crippen LogP contribution in [-0.4, -0.2) is 5.11 Å². The van der Waals surface area contributed by atoms with Crippen LogP contribution in [0.4, 0.5) is 0 Å². The fraction of sp³-hybridized carbons (Fsp3) is 0.294. The second kappa shape index (κ2) is 6.04. The lowest BCUT2D eigenvalue weighted by Gasteiger charge is -2.21. The van der Waals surface area contributed by atoms with Crippen molar-refractivity contribution < 1.29 is 5.11 Å². The van der Waals surface area contributed by atoms with Crippen LogP contribution in [0.5, 0.6) is 0 Å². The Balaban J connectivity index is 2.58. The fourth-order valence-corrected chi connectivity index (χ4v) is 3.03. The van der Waals surface area contributed by atoms with Gasteiger partial charge in [-0.3, -0.25) is 0 Å². The number of halogens is 2. The molecule has 0 spiro atoms. The van der Waals surface area contributed by atoms with Gasteiger partial charge in [0.15, 0.2) is 0 Å². The molecule has 0 amide bonds. The maximum Gasteiger partial charge on any atom is 0.105 e. The van der Waals surface area contributed by atoms with E-state index in [4.69, 9.17) is 11.6 Å². The van der Waals surface area contributed by atoms with Crippen LogP contribution >= 0.6 is 34.2 Å². The van der Waals surface area contributed by atoms with Crippen LogP contribution in [0.3, 0.4) is 0 Å². The second-order valence-corrected chi connectivity index (χ2v) is 6.82. The maximum atomic E-state index is 10.8. The van der Waals surface area contributed by atoms with Crippen molar-refractivity contribution in [1.29, 1.82) is 0 Å². The molecule has 1 unspecified atom stereocenters. The first-order valence-electron chi connectivity index (χ1n) is 6.53. The molecule has 0 saturated heterocycles. The summed E-state index contributed by atoms with van der Waals surface area (Å²) in [5, 5.41) is 11.4. The average molecular weight is 401 g/mol. The van der Waals surface area contributed by atoms with Gasteiger partial charge >= 0.3 is 0 Å². The van der Waals surface area contributed by atoms with Gasteiger partial charge in [-0.1, -0.05) is 23.7 Å². The molecule has 0 aliphatic heterocycles. The zero-order valence-electron chi connectivity index (χ0n) is 12.1. The zero-order valence-corrected chi connectivity index (χ0v) is 15.0. The van der Waals surface area contributed by atoms with Crippen LogP contribution in [0.15, 0.2) is 24.3 Å². The largest absolute Gasteiger partial charge is 0.384 e. The predicted molar refractivity (Wildman–Crippen MR) is 93.6 cm³/mol. The molecule has 0 aliphatic carbocycles. The van der Waals surface area contributed by atoms with Gasteiger partial charge in [0.05, 0.1) is 5.02 Å². The van der Waals surface area contributed by atoms with Crippen LogP contribution in [0, 0.1) is 31.3 Å². The quantitative estimate of drug-likeness (QED) is 0.682. The maximum absolute atomic E-state index is 10.8. The van der Waals surface area contributed by atoms with Crippen molar-refractivity contribution in [2.45, 2.75) is 33.8 Å². The highest BCUT2D eigenvalue weighted by molar-refractivity contribution is 14.1. The lowest BCUT2D eigenvalue weighted by Crippen LogP contribution is -2.07. The Bertz CT molecular complexity index is 638. The second-order valence-electron chi connectivity index (χ2n) is 5.25. The van der Waals surface area contributed by atoms with E-state index in [1.165, 1.54) is 11.1 Å². The molecule has 0 bridgehead atoms. The van der Waals surface area contributed by atoms with Crippen molar-refractivity contribution in [3.63, 3.8) is 0 Å². The lowest BCUT2D eigenvalue weighted by atomic mass is 9.88. The fourth-order valence-electron chi connectivity index (χ4n) is 2.51. The molecule has 0 radical (unpaired) electrons. The number of aliphatic hydroxyl groups is 1. The van der Waals surface area contributed by atoms with E-state index in [2.05, 4.69) is 56.4 Å². The van der Waals surface area contributed by atoms with Crippen molar-refractivity contribution >= 4 is 34.2 Å². The molecule has 106 valence electrons. The topological polar surface area (TPSA) is 20.2 Å². The Kier molecular flexibility index (Phi) is 4.77. The van der Waals surface area contributed by atoms with E-state index in [-0.39, 0.29) is 0 Å². The summed E-state index contributed by atoms with van der Waals surface area (Å²) in [6, 6.07) is 7.90. The minimum atomic E-state index is -0.636. The SMILES string of the molecule is Cc1cc(C)c(C)c(C(O)c2ccc(I)c(Cl)c2)c1C. The molecule has 0 aliphatic rings. The number of aliphatic hydroxyl groups excluding tert-OH is 1. The van der Waals surface area contributed by atoms with Crippen molar-refractivity contribution in [2.24, 2.45) is 0 Å². The summed E-state index contributed by atoms with van der Waals surface area (Å²) >= 11 is 8.36. The molecule has 20 heavy (non-hydrogen) atoms. The smallest absolute Gasteiger partial charge is 0.105 e. The molecular weight excluding hydrogens is 383 g/mol. The van der Waals surface area contributed by atoms with Gasteiger partial charge < -0.3 is 5.11 Å². The van der Waals surface area contributed by atoms with Crippen molar-refractivity contribution in [2.75, 3.05) is 0 Å². The van der Waals surface area contributed by atoms with Gasteiger partial charge in [0, 0.05) is 3.57 Å². The molecular formula is C17H18ClIO. The van der Waals surface area contributed by atoms with Crippen LogP contribution in [0.1, 0.15) is 39.5 Å². The third kappa shape index (κ3) is 2.87. The molecule has 2 aromatic carbocycles. The molecule has 1 nitrogen and oxygen atoms in total. The van der Waals surface area contributed by atoms with Crippen molar-refractivity contribution in [3.05, 3.63) is 66.2 Å². The molecule has 1 N–H and O–H groups in total. The van der Waals surface area contributed by atoms with E-state index in [0.29, 0.717) is 5.02 Å². The van der Waals surface area contributed by atoms with Crippen LogP contribution < -0.4 is 0 Å². The summed E-state index contributed by atoms with van der Waals surface area (Å²) in [7, 11) is 0. The summed E-state index contributed by atoms with van der Waals surface area (Å²) in [4.78, 5) is 0. The normalized spacial score (nSPS) is 12.6. The minimum absolute atomic E-state index is 0.636. The van der Waals surface area contributed by atoms with Gasteiger partial charge in [0.25, 0.3) is 0 Å². The predicted octanol–water partition coefficient (Wildman–Crippen LogP) is 5.26. The summed E-state index contributed by atoms with van der Waals surface area (Å²) < 4.78 is 0.995. The number of rotatable bonds is 2. The summed E-state index contributed by atoms with van der Waals surface area (Å²) in [5.74, 6) is 0. The van der Waals surface area contributed by atoms with E-state index >= 15 is 0 Å². The number of hydrogen-bond acceptors (Lipinski definition) is 1. The zero-order chi connectivity index (χ0) is 15.0.